The van der Waals surface area contributed by atoms with Gasteiger partial charge >= 0.3 is 0 Å². The average molecular weight is 468 g/mol. The molecule has 0 saturated heterocycles. The maximum Gasteiger partial charge on any atom is 0.269 e. The number of nitro benzene ring substituents is 1. The molecule has 3 rings (SSSR count). The number of fused-ring (bicyclic) bond motifs is 3. The second-order valence-electron chi connectivity index (χ2n) is 8.79. The third-order valence-corrected chi connectivity index (χ3v) is 6.51. The zero-order chi connectivity index (χ0) is 24.9. The van der Waals surface area contributed by atoms with E-state index in [0.717, 1.165) is 41.5 Å². The topological polar surface area (TPSA) is 146 Å². The van der Waals surface area contributed by atoms with Gasteiger partial charge in [-0.1, -0.05) is 49.1 Å². The molecule has 0 aromatic heterocycles. The SMILES string of the molecule is CCCCNC1(C(N)CCC)c2cc(/C(C/C(C)=N/O)=N\O)ccc2-c2ccc([N+](=O)[O-])cc21. The smallest absolute Gasteiger partial charge is 0.269 e. The second-order valence-corrected chi connectivity index (χ2v) is 8.79. The monoisotopic (exact) mass is 467 g/mol. The summed E-state index contributed by atoms with van der Waals surface area (Å²) in [4.78, 5) is 11.2. The predicted molar refractivity (Wildman–Crippen MR) is 133 cm³/mol. The van der Waals surface area contributed by atoms with Gasteiger partial charge in [-0.2, -0.15) is 0 Å². The fourth-order valence-electron chi connectivity index (χ4n) is 4.82. The largest absolute Gasteiger partial charge is 0.411 e. The van der Waals surface area contributed by atoms with Gasteiger partial charge in [0, 0.05) is 30.2 Å². The Hall–Kier alpha value is -3.30. The molecule has 0 bridgehead atoms. The van der Waals surface area contributed by atoms with Crippen LogP contribution in [0.1, 0.15) is 69.6 Å². The number of unbranched alkanes of at least 4 members (excludes halogenated alkanes) is 1. The Labute approximate surface area is 199 Å². The van der Waals surface area contributed by atoms with Crippen molar-refractivity contribution in [3.8, 4) is 11.1 Å². The molecule has 2 atom stereocenters. The van der Waals surface area contributed by atoms with Crippen LogP contribution in [0.4, 0.5) is 5.69 Å². The van der Waals surface area contributed by atoms with Crippen LogP contribution in [-0.4, -0.2) is 39.3 Å². The van der Waals surface area contributed by atoms with E-state index in [1.165, 1.54) is 6.07 Å². The van der Waals surface area contributed by atoms with E-state index in [9.17, 15) is 15.3 Å². The lowest BCUT2D eigenvalue weighted by molar-refractivity contribution is -0.384. The summed E-state index contributed by atoms with van der Waals surface area (Å²) in [6.07, 6.45) is 3.65. The zero-order valence-electron chi connectivity index (χ0n) is 19.9. The lowest BCUT2D eigenvalue weighted by Crippen LogP contribution is -2.55. The van der Waals surface area contributed by atoms with Crippen molar-refractivity contribution in [3.05, 3.63) is 63.2 Å². The summed E-state index contributed by atoms with van der Waals surface area (Å²) < 4.78 is 0. The number of nitrogens with zero attached hydrogens (tertiary/aromatic N) is 3. The summed E-state index contributed by atoms with van der Waals surface area (Å²) in [5, 5.41) is 40.7. The molecule has 182 valence electrons. The van der Waals surface area contributed by atoms with Crippen molar-refractivity contribution in [3.63, 3.8) is 0 Å². The highest BCUT2D eigenvalue weighted by molar-refractivity contribution is 6.12. The van der Waals surface area contributed by atoms with Gasteiger partial charge in [-0.05, 0) is 60.7 Å². The Morgan fingerprint density at radius 2 is 1.79 bits per heavy atom. The molecule has 2 unspecified atom stereocenters. The number of hydrogen-bond acceptors (Lipinski definition) is 8. The fourth-order valence-corrected chi connectivity index (χ4v) is 4.82. The molecule has 0 amide bonds. The highest BCUT2D eigenvalue weighted by atomic mass is 16.6. The molecule has 2 aromatic carbocycles. The summed E-state index contributed by atoms with van der Waals surface area (Å²) >= 11 is 0. The van der Waals surface area contributed by atoms with Crippen molar-refractivity contribution in [2.45, 2.75) is 64.5 Å². The molecule has 2 aromatic rings. The first kappa shape index (κ1) is 25.3. The highest BCUT2D eigenvalue weighted by Crippen LogP contribution is 2.51. The highest BCUT2D eigenvalue weighted by Gasteiger charge is 2.48. The first-order valence-electron chi connectivity index (χ1n) is 11.7. The predicted octanol–water partition coefficient (Wildman–Crippen LogP) is 4.75. The molecule has 5 N–H and O–H groups in total. The average Bonchev–Trinajstić information content (AvgIpc) is 3.12. The summed E-state index contributed by atoms with van der Waals surface area (Å²) in [5.74, 6) is 0. The van der Waals surface area contributed by atoms with Gasteiger partial charge in [-0.15, -0.1) is 0 Å². The molecular weight excluding hydrogens is 434 g/mol. The molecule has 9 heteroatoms. The zero-order valence-corrected chi connectivity index (χ0v) is 19.9. The number of oxime groups is 2. The van der Waals surface area contributed by atoms with Crippen LogP contribution in [0.3, 0.4) is 0 Å². The van der Waals surface area contributed by atoms with Crippen molar-refractivity contribution in [1.29, 1.82) is 0 Å². The summed E-state index contributed by atoms with van der Waals surface area (Å²) in [6.45, 7) is 6.50. The number of rotatable bonds is 11. The van der Waals surface area contributed by atoms with Gasteiger partial charge in [0.25, 0.3) is 5.69 Å². The Balaban J connectivity index is 2.28. The van der Waals surface area contributed by atoms with Crippen molar-refractivity contribution in [1.82, 2.24) is 5.32 Å². The van der Waals surface area contributed by atoms with Gasteiger partial charge in [-0.3, -0.25) is 10.1 Å². The van der Waals surface area contributed by atoms with E-state index in [2.05, 4.69) is 29.5 Å². The van der Waals surface area contributed by atoms with Gasteiger partial charge in [0.05, 0.1) is 21.9 Å². The molecule has 0 fully saturated rings. The summed E-state index contributed by atoms with van der Waals surface area (Å²) in [5.41, 5.74) is 11.0. The minimum absolute atomic E-state index is 0.0181. The van der Waals surface area contributed by atoms with Gasteiger partial charge in [0.2, 0.25) is 0 Å². The number of hydrogen-bond donors (Lipinski definition) is 4. The number of benzene rings is 2. The molecule has 34 heavy (non-hydrogen) atoms. The molecule has 0 heterocycles. The van der Waals surface area contributed by atoms with Crippen molar-refractivity contribution in [2.75, 3.05) is 6.54 Å². The maximum atomic E-state index is 11.6. The molecule has 0 saturated carbocycles. The minimum atomic E-state index is -0.835. The number of nitrogens with one attached hydrogen (secondary N) is 1. The second kappa shape index (κ2) is 10.8. The summed E-state index contributed by atoms with van der Waals surface area (Å²) in [6, 6.07) is 10.3. The number of non-ortho nitro benzene ring substituents is 1. The van der Waals surface area contributed by atoms with Crippen molar-refractivity contribution in [2.24, 2.45) is 16.0 Å². The molecule has 0 radical (unpaired) electrons. The van der Waals surface area contributed by atoms with Gasteiger partial charge < -0.3 is 21.5 Å². The number of nitro groups is 1. The molecule has 9 nitrogen and oxygen atoms in total. The minimum Gasteiger partial charge on any atom is -0.411 e. The molecular formula is C25H33N5O4. The standard InChI is InChI=1S/C25H33N5O4/c1-4-6-12-27-25(24(26)7-5-2)21-14-17(23(29-32)13-16(3)28-31)8-10-19(21)20-11-9-18(30(33)34)15-22(20)25/h8-11,14-15,24,27,31-32H,4-7,12-13,26H2,1-3H3/b28-16+,29-23-. The number of nitrogens with two attached hydrogens (primary N) is 1. The first-order valence-corrected chi connectivity index (χ1v) is 11.7. The van der Waals surface area contributed by atoms with Crippen LogP contribution in [0.5, 0.6) is 0 Å². The van der Waals surface area contributed by atoms with Crippen LogP contribution < -0.4 is 11.1 Å². The fraction of sp³-hybridized carbons (Fsp3) is 0.440. The van der Waals surface area contributed by atoms with E-state index < -0.39 is 5.54 Å². The van der Waals surface area contributed by atoms with Crippen molar-refractivity contribution >= 4 is 17.1 Å². The molecule has 0 spiro atoms. The maximum absolute atomic E-state index is 11.6. The van der Waals surface area contributed by atoms with E-state index in [1.807, 2.05) is 18.2 Å². The van der Waals surface area contributed by atoms with Crippen LogP contribution in [0, 0.1) is 10.1 Å². The van der Waals surface area contributed by atoms with E-state index in [0.29, 0.717) is 30.0 Å². The van der Waals surface area contributed by atoms with Crippen LogP contribution in [0.2, 0.25) is 0 Å². The third-order valence-electron chi connectivity index (χ3n) is 6.51. The first-order chi connectivity index (χ1) is 16.3. The van der Waals surface area contributed by atoms with Gasteiger partial charge in [0.1, 0.15) is 0 Å². The Bertz CT molecular complexity index is 1110. The van der Waals surface area contributed by atoms with Gasteiger partial charge in [-0.25, -0.2) is 0 Å². The quantitative estimate of drug-likeness (QED) is 0.123. The van der Waals surface area contributed by atoms with Crippen LogP contribution in [0.15, 0.2) is 46.7 Å². The Morgan fingerprint density at radius 3 is 2.38 bits per heavy atom. The Morgan fingerprint density at radius 1 is 1.12 bits per heavy atom. The van der Waals surface area contributed by atoms with E-state index in [-0.39, 0.29) is 23.1 Å². The summed E-state index contributed by atoms with van der Waals surface area (Å²) in [7, 11) is 0. The van der Waals surface area contributed by atoms with Crippen LogP contribution >= 0.6 is 0 Å². The molecule has 1 aliphatic rings. The third kappa shape index (κ3) is 4.53. The van der Waals surface area contributed by atoms with Crippen LogP contribution in [-0.2, 0) is 5.54 Å². The lowest BCUT2D eigenvalue weighted by Gasteiger charge is -2.39. The van der Waals surface area contributed by atoms with E-state index >= 15 is 0 Å². The van der Waals surface area contributed by atoms with Crippen LogP contribution in [0.25, 0.3) is 11.1 Å². The van der Waals surface area contributed by atoms with E-state index in [1.54, 1.807) is 19.1 Å². The normalized spacial score (nSPS) is 18.5. The lowest BCUT2D eigenvalue weighted by atomic mass is 9.78. The molecule has 0 aliphatic heterocycles. The van der Waals surface area contributed by atoms with Crippen molar-refractivity contribution < 1.29 is 15.3 Å². The molecule has 1 aliphatic carbocycles. The van der Waals surface area contributed by atoms with E-state index in [4.69, 9.17) is 10.9 Å². The Kier molecular flexibility index (Phi) is 8.01. The van der Waals surface area contributed by atoms with Gasteiger partial charge in [0.15, 0.2) is 0 Å².